The van der Waals surface area contributed by atoms with E-state index in [0.29, 0.717) is 13.2 Å². The van der Waals surface area contributed by atoms with Gasteiger partial charge in [0.1, 0.15) is 12.4 Å². The first-order valence-corrected chi connectivity index (χ1v) is 7.38. The Labute approximate surface area is 133 Å². The highest BCUT2D eigenvalue weighted by Gasteiger charge is 2.19. The number of para-hydroxylation sites is 1. The number of halogens is 1. The van der Waals surface area contributed by atoms with E-state index < -0.39 is 0 Å². The number of benzene rings is 1. The fourth-order valence-corrected chi connectivity index (χ4v) is 2.55. The maximum Gasteiger partial charge on any atom is 0.237 e. The van der Waals surface area contributed by atoms with Gasteiger partial charge in [0.05, 0.1) is 12.6 Å². The Morgan fingerprint density at radius 2 is 2.05 bits per heavy atom. The molecule has 0 spiro atoms. The highest BCUT2D eigenvalue weighted by Crippen LogP contribution is 2.21. The van der Waals surface area contributed by atoms with Gasteiger partial charge in [0.25, 0.3) is 0 Å². The van der Waals surface area contributed by atoms with E-state index >= 15 is 0 Å². The zero-order valence-electron chi connectivity index (χ0n) is 12.8. The number of carbonyl (C=O) groups is 1. The molecule has 1 aliphatic rings. The molecule has 1 aliphatic heterocycles. The Bertz CT molecular complexity index is 439. The van der Waals surface area contributed by atoms with Crippen molar-refractivity contribution < 1.29 is 9.53 Å². The topological polar surface area (TPSA) is 50.4 Å². The summed E-state index contributed by atoms with van der Waals surface area (Å²) in [6, 6.07) is 6.07. The van der Waals surface area contributed by atoms with E-state index in [4.69, 9.17) is 4.74 Å². The lowest BCUT2D eigenvalue weighted by atomic mass is 10.0. The normalized spacial score (nSPS) is 17.7. The van der Waals surface area contributed by atoms with Crippen LogP contribution in [0.1, 0.15) is 30.4 Å². The number of hydrogen-bond acceptors (Lipinski definition) is 3. The van der Waals surface area contributed by atoms with Crippen molar-refractivity contribution in [3.05, 3.63) is 29.3 Å². The molecule has 1 aromatic carbocycles. The van der Waals surface area contributed by atoms with Gasteiger partial charge in [0.2, 0.25) is 5.91 Å². The molecule has 1 unspecified atom stereocenters. The summed E-state index contributed by atoms with van der Waals surface area (Å²) in [5, 5.41) is 6.18. The fraction of sp³-hybridized carbons (Fsp3) is 0.562. The quantitative estimate of drug-likeness (QED) is 0.821. The number of piperidine rings is 1. The van der Waals surface area contributed by atoms with Crippen molar-refractivity contribution in [2.45, 2.75) is 39.2 Å². The Hall–Kier alpha value is -1.26. The number of aryl methyl sites for hydroxylation is 2. The molecular weight excluding hydrogens is 288 g/mol. The van der Waals surface area contributed by atoms with Gasteiger partial charge in [0.15, 0.2) is 0 Å². The first-order chi connectivity index (χ1) is 9.68. The number of carbonyl (C=O) groups excluding carboxylic acids is 1. The van der Waals surface area contributed by atoms with Crippen LogP contribution in [0, 0.1) is 13.8 Å². The lowest BCUT2D eigenvalue weighted by molar-refractivity contribution is -0.123. The smallest absolute Gasteiger partial charge is 0.237 e. The molecule has 5 heteroatoms. The van der Waals surface area contributed by atoms with Gasteiger partial charge < -0.3 is 15.4 Å². The zero-order chi connectivity index (χ0) is 14.4. The van der Waals surface area contributed by atoms with E-state index in [2.05, 4.69) is 10.6 Å². The largest absolute Gasteiger partial charge is 0.491 e. The molecule has 4 nitrogen and oxygen atoms in total. The summed E-state index contributed by atoms with van der Waals surface area (Å²) in [6.07, 6.45) is 3.23. The van der Waals surface area contributed by atoms with Crippen LogP contribution < -0.4 is 15.4 Å². The third kappa shape index (κ3) is 5.21. The van der Waals surface area contributed by atoms with Gasteiger partial charge in [-0.05, 0) is 44.4 Å². The second kappa shape index (κ2) is 8.90. The first kappa shape index (κ1) is 17.8. The summed E-state index contributed by atoms with van der Waals surface area (Å²) < 4.78 is 5.77. The van der Waals surface area contributed by atoms with E-state index in [0.717, 1.165) is 36.3 Å². The number of nitrogens with one attached hydrogen (secondary N) is 2. The van der Waals surface area contributed by atoms with Gasteiger partial charge in [-0.3, -0.25) is 4.79 Å². The number of hydrogen-bond donors (Lipinski definition) is 2. The summed E-state index contributed by atoms with van der Waals surface area (Å²) in [4.78, 5) is 11.9. The lowest BCUT2D eigenvalue weighted by Crippen LogP contribution is -2.47. The molecule has 0 aromatic heterocycles. The SMILES string of the molecule is Cc1cccc(C)c1OCCNC(=O)C1CCCCN1.Cl. The predicted octanol–water partition coefficient (Wildman–Crippen LogP) is 2.36. The van der Waals surface area contributed by atoms with Crippen molar-refractivity contribution in [1.29, 1.82) is 0 Å². The average Bonchev–Trinajstić information content (AvgIpc) is 2.46. The van der Waals surface area contributed by atoms with Gasteiger partial charge in [0, 0.05) is 0 Å². The maximum atomic E-state index is 11.9. The van der Waals surface area contributed by atoms with Gasteiger partial charge in [-0.1, -0.05) is 24.6 Å². The predicted molar refractivity (Wildman–Crippen MR) is 87.3 cm³/mol. The summed E-state index contributed by atoms with van der Waals surface area (Å²) >= 11 is 0. The van der Waals surface area contributed by atoms with Gasteiger partial charge in [-0.15, -0.1) is 12.4 Å². The molecule has 1 saturated heterocycles. The van der Waals surface area contributed by atoms with Crippen LogP contribution in [0.15, 0.2) is 18.2 Å². The van der Waals surface area contributed by atoms with Crippen LogP contribution in [0.2, 0.25) is 0 Å². The number of rotatable bonds is 5. The van der Waals surface area contributed by atoms with Crippen molar-refractivity contribution in [1.82, 2.24) is 10.6 Å². The van der Waals surface area contributed by atoms with Crippen LogP contribution in [-0.2, 0) is 4.79 Å². The standard InChI is InChI=1S/C16H24N2O2.ClH/c1-12-6-5-7-13(2)15(12)20-11-10-18-16(19)14-8-3-4-9-17-14;/h5-7,14,17H,3-4,8-11H2,1-2H3,(H,18,19);1H. The molecule has 0 radical (unpaired) electrons. The monoisotopic (exact) mass is 312 g/mol. The van der Waals surface area contributed by atoms with Crippen LogP contribution in [0.25, 0.3) is 0 Å². The fourth-order valence-electron chi connectivity index (χ4n) is 2.55. The van der Waals surface area contributed by atoms with E-state index in [-0.39, 0.29) is 24.4 Å². The zero-order valence-corrected chi connectivity index (χ0v) is 13.6. The maximum absolute atomic E-state index is 11.9. The molecule has 1 amide bonds. The first-order valence-electron chi connectivity index (χ1n) is 7.38. The van der Waals surface area contributed by atoms with Crippen LogP contribution >= 0.6 is 12.4 Å². The van der Waals surface area contributed by atoms with Crippen molar-refractivity contribution in [3.8, 4) is 5.75 Å². The minimum Gasteiger partial charge on any atom is -0.491 e. The molecule has 2 rings (SSSR count). The van der Waals surface area contributed by atoms with Gasteiger partial charge in [-0.25, -0.2) is 0 Å². The van der Waals surface area contributed by atoms with Crippen molar-refractivity contribution in [3.63, 3.8) is 0 Å². The second-order valence-electron chi connectivity index (χ2n) is 5.36. The Balaban J connectivity index is 0.00000220. The van der Waals surface area contributed by atoms with E-state index in [1.807, 2.05) is 32.0 Å². The number of amides is 1. The van der Waals surface area contributed by atoms with Gasteiger partial charge >= 0.3 is 0 Å². The molecule has 0 saturated carbocycles. The number of ether oxygens (including phenoxy) is 1. The van der Waals surface area contributed by atoms with E-state index in [1.165, 1.54) is 6.42 Å². The Morgan fingerprint density at radius 3 is 2.67 bits per heavy atom. The van der Waals surface area contributed by atoms with Crippen molar-refractivity contribution >= 4 is 18.3 Å². The molecule has 21 heavy (non-hydrogen) atoms. The molecule has 0 aliphatic carbocycles. The van der Waals surface area contributed by atoms with Crippen LogP contribution in [0.5, 0.6) is 5.75 Å². The highest BCUT2D eigenvalue weighted by molar-refractivity contribution is 5.85. The minimum atomic E-state index is -0.0241. The summed E-state index contributed by atoms with van der Waals surface area (Å²) in [5.74, 6) is 1.02. The molecule has 1 aromatic rings. The van der Waals surface area contributed by atoms with Crippen molar-refractivity contribution in [2.24, 2.45) is 0 Å². The summed E-state index contributed by atoms with van der Waals surface area (Å²) in [5.41, 5.74) is 2.26. The Kier molecular flexibility index (Phi) is 7.54. The van der Waals surface area contributed by atoms with Gasteiger partial charge in [-0.2, -0.15) is 0 Å². The molecule has 2 N–H and O–H groups in total. The second-order valence-corrected chi connectivity index (χ2v) is 5.36. The summed E-state index contributed by atoms with van der Waals surface area (Å²) in [6.45, 7) is 6.06. The minimum absolute atomic E-state index is 0. The lowest BCUT2D eigenvalue weighted by Gasteiger charge is -2.22. The molecule has 0 bridgehead atoms. The summed E-state index contributed by atoms with van der Waals surface area (Å²) in [7, 11) is 0. The highest BCUT2D eigenvalue weighted by atomic mass is 35.5. The molecule has 1 atom stereocenters. The van der Waals surface area contributed by atoms with E-state index in [1.54, 1.807) is 0 Å². The third-order valence-electron chi connectivity index (χ3n) is 3.68. The third-order valence-corrected chi connectivity index (χ3v) is 3.68. The molecule has 118 valence electrons. The molecule has 1 fully saturated rings. The molecule has 1 heterocycles. The Morgan fingerprint density at radius 1 is 1.33 bits per heavy atom. The van der Waals surface area contributed by atoms with Crippen LogP contribution in [0.3, 0.4) is 0 Å². The van der Waals surface area contributed by atoms with Crippen molar-refractivity contribution in [2.75, 3.05) is 19.7 Å². The molecular formula is C16H25ClN2O2. The van der Waals surface area contributed by atoms with E-state index in [9.17, 15) is 4.79 Å². The van der Waals surface area contributed by atoms with Crippen LogP contribution in [-0.4, -0.2) is 31.6 Å². The van der Waals surface area contributed by atoms with Crippen LogP contribution in [0.4, 0.5) is 0 Å². The average molecular weight is 313 g/mol.